The van der Waals surface area contributed by atoms with E-state index in [2.05, 4.69) is 12.2 Å². The van der Waals surface area contributed by atoms with Crippen molar-refractivity contribution in [3.8, 4) is 5.75 Å². The zero-order valence-electron chi connectivity index (χ0n) is 21.0. The van der Waals surface area contributed by atoms with Crippen LogP contribution in [0.4, 0.5) is 5.69 Å². The van der Waals surface area contributed by atoms with E-state index in [0.29, 0.717) is 29.2 Å². The number of Topliss-reactive ketones (excluding diaryl/α,β-unsaturated/α-hetero) is 2. The Bertz CT molecular complexity index is 1000. The molecule has 0 fully saturated rings. The lowest BCUT2D eigenvalue weighted by atomic mass is 9.95. The summed E-state index contributed by atoms with van der Waals surface area (Å²) in [6.07, 6.45) is 3.11. The molecule has 2 aromatic rings. The van der Waals surface area contributed by atoms with E-state index in [9.17, 15) is 19.2 Å². The molecule has 2 aromatic carbocycles. The van der Waals surface area contributed by atoms with Crippen LogP contribution in [-0.2, 0) is 14.3 Å². The SMILES string of the molecule is CCCCCOc1ccc(C(=O)CCC(=O)OCC(=O)c2ccc(NC(=O)C(C)(C)C)cc2)cc1. The van der Waals surface area contributed by atoms with Gasteiger partial charge in [-0.2, -0.15) is 0 Å². The molecule has 0 aliphatic heterocycles. The summed E-state index contributed by atoms with van der Waals surface area (Å²) in [5, 5.41) is 2.78. The molecule has 1 amide bonds. The number of amides is 1. The molecule has 7 nitrogen and oxygen atoms in total. The molecule has 0 aromatic heterocycles. The quantitative estimate of drug-likeness (QED) is 0.226. The number of ketones is 2. The van der Waals surface area contributed by atoms with Crippen LogP contribution in [0.2, 0.25) is 0 Å². The average Bonchev–Trinajstić information content (AvgIpc) is 2.84. The van der Waals surface area contributed by atoms with Crippen molar-refractivity contribution in [2.75, 3.05) is 18.5 Å². The molecule has 2 rings (SSSR count). The Morgan fingerprint density at radius 2 is 1.40 bits per heavy atom. The van der Waals surface area contributed by atoms with Crippen molar-refractivity contribution >= 4 is 29.1 Å². The molecule has 0 aliphatic rings. The number of hydrogen-bond acceptors (Lipinski definition) is 6. The van der Waals surface area contributed by atoms with E-state index in [1.807, 2.05) is 20.8 Å². The molecule has 35 heavy (non-hydrogen) atoms. The normalized spacial score (nSPS) is 11.0. The molecule has 7 heteroatoms. The lowest BCUT2D eigenvalue weighted by Crippen LogP contribution is -2.27. The number of hydrogen-bond donors (Lipinski definition) is 1. The van der Waals surface area contributed by atoms with Gasteiger partial charge in [0.2, 0.25) is 5.91 Å². The van der Waals surface area contributed by atoms with Crippen LogP contribution in [0.1, 0.15) is 80.5 Å². The van der Waals surface area contributed by atoms with Crippen LogP contribution in [-0.4, -0.2) is 36.7 Å². The fourth-order valence-electron chi connectivity index (χ4n) is 3.00. The van der Waals surface area contributed by atoms with E-state index in [0.717, 1.165) is 19.3 Å². The van der Waals surface area contributed by atoms with Crippen molar-refractivity contribution in [2.24, 2.45) is 5.41 Å². The first-order valence-corrected chi connectivity index (χ1v) is 12.0. The molecule has 188 valence electrons. The summed E-state index contributed by atoms with van der Waals surface area (Å²) in [5.74, 6) is -0.588. The first-order chi connectivity index (χ1) is 16.6. The van der Waals surface area contributed by atoms with Crippen molar-refractivity contribution < 1.29 is 28.7 Å². The molecule has 1 N–H and O–H groups in total. The number of nitrogens with one attached hydrogen (secondary N) is 1. The highest BCUT2D eigenvalue weighted by Crippen LogP contribution is 2.18. The van der Waals surface area contributed by atoms with Crippen molar-refractivity contribution in [3.05, 3.63) is 59.7 Å². The summed E-state index contributed by atoms with van der Waals surface area (Å²) in [5.41, 5.74) is 0.900. The van der Waals surface area contributed by atoms with Crippen LogP contribution in [0.3, 0.4) is 0 Å². The van der Waals surface area contributed by atoms with Crippen molar-refractivity contribution in [3.63, 3.8) is 0 Å². The molecule has 0 unspecified atom stereocenters. The Balaban J connectivity index is 1.74. The molecular weight excluding hydrogens is 446 g/mol. The second-order valence-electron chi connectivity index (χ2n) is 9.37. The van der Waals surface area contributed by atoms with Gasteiger partial charge < -0.3 is 14.8 Å². The second-order valence-corrected chi connectivity index (χ2v) is 9.37. The molecule has 0 heterocycles. The molecule has 0 radical (unpaired) electrons. The van der Waals surface area contributed by atoms with Gasteiger partial charge >= 0.3 is 5.97 Å². The van der Waals surface area contributed by atoms with Crippen molar-refractivity contribution in [1.82, 2.24) is 0 Å². The Kier molecular flexibility index (Phi) is 10.6. The molecule has 0 saturated carbocycles. The molecule has 0 aliphatic carbocycles. The standard InChI is InChI=1S/C28H35NO6/c1-5-6-7-18-34-23-14-10-20(11-15-23)24(30)16-17-26(32)35-19-25(31)21-8-12-22(13-9-21)29-27(33)28(2,3)4/h8-15H,5-7,16-19H2,1-4H3,(H,29,33). The maximum atomic E-state index is 12.3. The Labute approximate surface area is 207 Å². The number of benzene rings is 2. The summed E-state index contributed by atoms with van der Waals surface area (Å²) in [4.78, 5) is 48.7. The van der Waals surface area contributed by atoms with Crippen LogP contribution < -0.4 is 10.1 Å². The fraction of sp³-hybridized carbons (Fsp3) is 0.429. The van der Waals surface area contributed by atoms with Gasteiger partial charge in [-0.05, 0) is 55.0 Å². The fourth-order valence-corrected chi connectivity index (χ4v) is 3.00. The van der Waals surface area contributed by atoms with E-state index in [4.69, 9.17) is 9.47 Å². The summed E-state index contributed by atoms with van der Waals surface area (Å²) >= 11 is 0. The minimum atomic E-state index is -0.614. The van der Waals surface area contributed by atoms with Gasteiger partial charge in [0.25, 0.3) is 0 Å². The number of anilines is 1. The van der Waals surface area contributed by atoms with Gasteiger partial charge in [-0.15, -0.1) is 0 Å². The molecule has 0 bridgehead atoms. The zero-order chi connectivity index (χ0) is 25.8. The number of rotatable bonds is 13. The maximum absolute atomic E-state index is 12.3. The van der Waals surface area contributed by atoms with Gasteiger partial charge in [-0.3, -0.25) is 19.2 Å². The third-order valence-electron chi connectivity index (χ3n) is 5.26. The maximum Gasteiger partial charge on any atom is 0.306 e. The van der Waals surface area contributed by atoms with Gasteiger partial charge in [0, 0.05) is 28.7 Å². The first kappa shape index (κ1) is 27.8. The predicted molar refractivity (Wildman–Crippen MR) is 135 cm³/mol. The predicted octanol–water partition coefficient (Wildman–Crippen LogP) is 5.63. The smallest absolute Gasteiger partial charge is 0.306 e. The van der Waals surface area contributed by atoms with Crippen LogP contribution in [0.15, 0.2) is 48.5 Å². The monoisotopic (exact) mass is 481 g/mol. The largest absolute Gasteiger partial charge is 0.494 e. The van der Waals surface area contributed by atoms with Crippen LogP contribution in [0, 0.1) is 5.41 Å². The highest BCUT2D eigenvalue weighted by Gasteiger charge is 2.21. The van der Waals surface area contributed by atoms with Gasteiger partial charge in [-0.25, -0.2) is 0 Å². The number of carbonyl (C=O) groups is 4. The van der Waals surface area contributed by atoms with E-state index in [-0.39, 0.29) is 30.3 Å². The van der Waals surface area contributed by atoms with Gasteiger partial charge in [0.1, 0.15) is 5.75 Å². The zero-order valence-corrected chi connectivity index (χ0v) is 21.0. The van der Waals surface area contributed by atoms with Crippen LogP contribution >= 0.6 is 0 Å². The lowest BCUT2D eigenvalue weighted by molar-refractivity contribution is -0.142. The van der Waals surface area contributed by atoms with E-state index >= 15 is 0 Å². The Morgan fingerprint density at radius 1 is 0.800 bits per heavy atom. The second kappa shape index (κ2) is 13.4. The number of esters is 1. The number of unbranched alkanes of at least 4 members (excludes halogenated alkanes) is 2. The highest BCUT2D eigenvalue weighted by molar-refractivity contribution is 6.00. The van der Waals surface area contributed by atoms with Crippen LogP contribution in [0.25, 0.3) is 0 Å². The first-order valence-electron chi connectivity index (χ1n) is 12.0. The minimum Gasteiger partial charge on any atom is -0.494 e. The van der Waals surface area contributed by atoms with E-state index in [1.165, 1.54) is 0 Å². The average molecular weight is 482 g/mol. The molecule has 0 saturated heterocycles. The lowest BCUT2D eigenvalue weighted by Gasteiger charge is -2.17. The molecular formula is C28H35NO6. The number of carbonyl (C=O) groups excluding carboxylic acids is 4. The number of ether oxygens (including phenoxy) is 2. The van der Waals surface area contributed by atoms with Gasteiger partial charge in [0.05, 0.1) is 13.0 Å². The third-order valence-corrected chi connectivity index (χ3v) is 5.26. The summed E-state index contributed by atoms with van der Waals surface area (Å²) in [6.45, 7) is 7.79. The van der Waals surface area contributed by atoms with E-state index < -0.39 is 18.0 Å². The third kappa shape index (κ3) is 9.73. The van der Waals surface area contributed by atoms with E-state index in [1.54, 1.807) is 48.5 Å². The summed E-state index contributed by atoms with van der Waals surface area (Å²) in [6, 6.07) is 13.2. The Hall–Kier alpha value is -3.48. The summed E-state index contributed by atoms with van der Waals surface area (Å²) in [7, 11) is 0. The topological polar surface area (TPSA) is 98.8 Å². The Morgan fingerprint density at radius 3 is 2.00 bits per heavy atom. The van der Waals surface area contributed by atoms with Crippen LogP contribution in [0.5, 0.6) is 5.75 Å². The van der Waals surface area contributed by atoms with Crippen molar-refractivity contribution in [2.45, 2.75) is 59.8 Å². The highest BCUT2D eigenvalue weighted by atomic mass is 16.5. The van der Waals surface area contributed by atoms with Gasteiger partial charge in [0.15, 0.2) is 18.2 Å². The summed E-state index contributed by atoms with van der Waals surface area (Å²) < 4.78 is 10.7. The molecule has 0 spiro atoms. The minimum absolute atomic E-state index is 0.00804. The van der Waals surface area contributed by atoms with Gasteiger partial charge in [-0.1, -0.05) is 40.5 Å². The van der Waals surface area contributed by atoms with Crippen molar-refractivity contribution in [1.29, 1.82) is 0 Å². The molecule has 0 atom stereocenters.